The zero-order valence-electron chi connectivity index (χ0n) is 14.7. The highest BCUT2D eigenvalue weighted by Gasteiger charge is 2.20. The highest BCUT2D eigenvalue weighted by molar-refractivity contribution is 5.95. The topological polar surface area (TPSA) is 76.8 Å². The van der Waals surface area contributed by atoms with Crippen LogP contribution in [0.2, 0.25) is 0 Å². The molecule has 1 amide bonds. The van der Waals surface area contributed by atoms with E-state index in [1.807, 2.05) is 45.2 Å². The Bertz CT molecular complexity index is 870. The van der Waals surface area contributed by atoms with Gasteiger partial charge < -0.3 is 4.90 Å². The summed E-state index contributed by atoms with van der Waals surface area (Å²) in [5.74, 6) is 1.35. The summed E-state index contributed by atoms with van der Waals surface area (Å²) in [6, 6.07) is 9.02. The monoisotopic (exact) mass is 336 g/mol. The van der Waals surface area contributed by atoms with Gasteiger partial charge in [0.05, 0.1) is 11.7 Å². The minimum Gasteiger partial charge on any atom is -0.333 e. The lowest BCUT2D eigenvalue weighted by molar-refractivity contribution is 0.0739. The van der Waals surface area contributed by atoms with E-state index in [2.05, 4.69) is 20.1 Å². The van der Waals surface area contributed by atoms with Gasteiger partial charge in [0.25, 0.3) is 5.91 Å². The van der Waals surface area contributed by atoms with Gasteiger partial charge in [-0.1, -0.05) is 12.1 Å². The first-order chi connectivity index (χ1) is 12.0. The third-order valence-corrected chi connectivity index (χ3v) is 4.28. The molecule has 0 saturated heterocycles. The van der Waals surface area contributed by atoms with Crippen LogP contribution in [0, 0.1) is 6.92 Å². The maximum absolute atomic E-state index is 12.9. The molecule has 1 atom stereocenters. The van der Waals surface area contributed by atoms with Crippen LogP contribution in [-0.2, 0) is 7.05 Å². The van der Waals surface area contributed by atoms with Gasteiger partial charge in [0.2, 0.25) is 0 Å². The molecule has 7 nitrogen and oxygen atoms in total. The highest BCUT2D eigenvalue weighted by atomic mass is 16.2. The molecule has 0 bridgehead atoms. The molecule has 0 fully saturated rings. The van der Waals surface area contributed by atoms with E-state index >= 15 is 0 Å². The molecular formula is C18H20N6O. The first-order valence-electron chi connectivity index (χ1n) is 7.98. The molecule has 0 radical (unpaired) electrons. The molecule has 0 unspecified atom stereocenters. The smallest absolute Gasteiger partial charge is 0.254 e. The molecule has 128 valence electrons. The standard InChI is InChI=1S/C18H20N6O/c1-12(16-8-9-19-11-20-16)23(3)18(25)15-7-5-6-14(10-15)17-21-13(2)24(4)22-17/h5-12H,1-4H3/t12-/m0/s1. The Hall–Kier alpha value is -3.09. The largest absolute Gasteiger partial charge is 0.333 e. The molecule has 2 heterocycles. The Morgan fingerprint density at radius 1 is 1.28 bits per heavy atom. The normalized spacial score (nSPS) is 12.0. The SMILES string of the molecule is Cc1nc(-c2cccc(C(=O)N(C)[C@@H](C)c3ccncn3)c2)nn1C. The Morgan fingerprint density at radius 2 is 2.08 bits per heavy atom. The third-order valence-electron chi connectivity index (χ3n) is 4.28. The number of aromatic nitrogens is 5. The van der Waals surface area contributed by atoms with Crippen LogP contribution >= 0.6 is 0 Å². The van der Waals surface area contributed by atoms with E-state index in [1.54, 1.807) is 28.9 Å². The second-order valence-electron chi connectivity index (χ2n) is 5.91. The number of nitrogens with zero attached hydrogens (tertiary/aromatic N) is 6. The van der Waals surface area contributed by atoms with E-state index in [4.69, 9.17) is 0 Å². The fourth-order valence-corrected chi connectivity index (χ4v) is 2.50. The zero-order valence-corrected chi connectivity index (χ0v) is 14.7. The van der Waals surface area contributed by atoms with Crippen molar-refractivity contribution in [1.29, 1.82) is 0 Å². The summed E-state index contributed by atoms with van der Waals surface area (Å²) in [4.78, 5) is 27.1. The number of benzene rings is 1. The summed E-state index contributed by atoms with van der Waals surface area (Å²) >= 11 is 0. The maximum Gasteiger partial charge on any atom is 0.254 e. The Morgan fingerprint density at radius 3 is 2.72 bits per heavy atom. The summed E-state index contributed by atoms with van der Waals surface area (Å²) in [5.41, 5.74) is 2.20. The van der Waals surface area contributed by atoms with Gasteiger partial charge in [-0.25, -0.2) is 15.0 Å². The van der Waals surface area contributed by atoms with Crippen molar-refractivity contribution in [2.24, 2.45) is 7.05 Å². The number of carbonyl (C=O) groups excluding carboxylic acids is 1. The highest BCUT2D eigenvalue weighted by Crippen LogP contribution is 2.21. The molecular weight excluding hydrogens is 316 g/mol. The number of hydrogen-bond acceptors (Lipinski definition) is 5. The molecule has 0 aliphatic carbocycles. The summed E-state index contributed by atoms with van der Waals surface area (Å²) in [7, 11) is 3.61. The Kier molecular flexibility index (Phi) is 4.56. The van der Waals surface area contributed by atoms with Gasteiger partial charge in [-0.2, -0.15) is 5.10 Å². The fourth-order valence-electron chi connectivity index (χ4n) is 2.50. The van der Waals surface area contributed by atoms with Gasteiger partial charge in [-0.15, -0.1) is 0 Å². The van der Waals surface area contributed by atoms with Crippen molar-refractivity contribution >= 4 is 5.91 Å². The number of hydrogen-bond donors (Lipinski definition) is 0. The van der Waals surface area contributed by atoms with Crippen molar-refractivity contribution in [3.8, 4) is 11.4 Å². The van der Waals surface area contributed by atoms with E-state index in [0.29, 0.717) is 11.4 Å². The minimum atomic E-state index is -0.158. The van der Waals surface area contributed by atoms with Crippen molar-refractivity contribution in [3.63, 3.8) is 0 Å². The van der Waals surface area contributed by atoms with E-state index < -0.39 is 0 Å². The van der Waals surface area contributed by atoms with Crippen molar-refractivity contribution in [2.75, 3.05) is 7.05 Å². The van der Waals surface area contributed by atoms with Gasteiger partial charge in [-0.3, -0.25) is 9.48 Å². The summed E-state index contributed by atoms with van der Waals surface area (Å²) < 4.78 is 1.72. The molecule has 3 aromatic rings. The van der Waals surface area contributed by atoms with Crippen LogP contribution in [-0.4, -0.2) is 42.6 Å². The molecule has 0 saturated carbocycles. The molecule has 0 spiro atoms. The van der Waals surface area contributed by atoms with Crippen molar-refractivity contribution in [2.45, 2.75) is 19.9 Å². The molecule has 25 heavy (non-hydrogen) atoms. The van der Waals surface area contributed by atoms with E-state index in [0.717, 1.165) is 17.1 Å². The molecule has 1 aromatic carbocycles. The third kappa shape index (κ3) is 3.40. The van der Waals surface area contributed by atoms with Crippen LogP contribution in [0.1, 0.15) is 34.8 Å². The number of amides is 1. The second-order valence-corrected chi connectivity index (χ2v) is 5.91. The summed E-state index contributed by atoms with van der Waals surface area (Å²) in [6.07, 6.45) is 3.16. The van der Waals surface area contributed by atoms with Crippen LogP contribution in [0.3, 0.4) is 0 Å². The van der Waals surface area contributed by atoms with Gasteiger partial charge in [0.1, 0.15) is 12.2 Å². The molecule has 0 aliphatic rings. The van der Waals surface area contributed by atoms with Crippen LogP contribution < -0.4 is 0 Å². The lowest BCUT2D eigenvalue weighted by Crippen LogP contribution is -2.30. The average molecular weight is 336 g/mol. The zero-order chi connectivity index (χ0) is 18.0. The maximum atomic E-state index is 12.9. The first-order valence-corrected chi connectivity index (χ1v) is 7.98. The van der Waals surface area contributed by atoms with Crippen LogP contribution in [0.5, 0.6) is 0 Å². The van der Waals surface area contributed by atoms with Crippen LogP contribution in [0.15, 0.2) is 42.9 Å². The predicted octanol–water partition coefficient (Wildman–Crippen LogP) is 2.41. The minimum absolute atomic E-state index is 0.0828. The van der Waals surface area contributed by atoms with E-state index in [1.165, 1.54) is 6.33 Å². The quantitative estimate of drug-likeness (QED) is 0.731. The molecule has 0 aliphatic heterocycles. The predicted molar refractivity (Wildman–Crippen MR) is 93.7 cm³/mol. The van der Waals surface area contributed by atoms with Crippen molar-refractivity contribution in [3.05, 3.63) is 59.9 Å². The van der Waals surface area contributed by atoms with Crippen LogP contribution in [0.25, 0.3) is 11.4 Å². The lowest BCUT2D eigenvalue weighted by Gasteiger charge is -2.24. The Labute approximate surface area is 146 Å². The number of carbonyl (C=O) groups is 1. The van der Waals surface area contributed by atoms with Gasteiger partial charge in [0.15, 0.2) is 5.82 Å². The number of aryl methyl sites for hydroxylation is 2. The van der Waals surface area contributed by atoms with E-state index in [-0.39, 0.29) is 11.9 Å². The summed E-state index contributed by atoms with van der Waals surface area (Å²) in [6.45, 7) is 3.83. The Balaban J connectivity index is 1.86. The van der Waals surface area contributed by atoms with Gasteiger partial charge >= 0.3 is 0 Å². The number of rotatable bonds is 4. The van der Waals surface area contributed by atoms with Crippen molar-refractivity contribution < 1.29 is 4.79 Å². The van der Waals surface area contributed by atoms with Crippen molar-refractivity contribution in [1.82, 2.24) is 29.6 Å². The summed E-state index contributed by atoms with van der Waals surface area (Å²) in [5, 5.41) is 4.37. The average Bonchev–Trinajstić information content (AvgIpc) is 2.99. The lowest BCUT2D eigenvalue weighted by atomic mass is 10.1. The molecule has 0 N–H and O–H groups in total. The molecule has 3 rings (SSSR count). The van der Waals surface area contributed by atoms with Crippen LogP contribution in [0.4, 0.5) is 0 Å². The van der Waals surface area contributed by atoms with Gasteiger partial charge in [0, 0.05) is 31.4 Å². The van der Waals surface area contributed by atoms with Gasteiger partial charge in [-0.05, 0) is 32.0 Å². The molecule has 7 heteroatoms. The fraction of sp³-hybridized carbons (Fsp3) is 0.278. The second kappa shape index (κ2) is 6.80. The first kappa shape index (κ1) is 16.8. The molecule has 2 aromatic heterocycles. The van der Waals surface area contributed by atoms with E-state index in [9.17, 15) is 4.79 Å².